The van der Waals surface area contributed by atoms with Crippen LogP contribution < -0.4 is 14.2 Å². The van der Waals surface area contributed by atoms with Crippen LogP contribution in [0.1, 0.15) is 0 Å². The van der Waals surface area contributed by atoms with Gasteiger partial charge in [0.2, 0.25) is 0 Å². The molecule has 2 nitrogen and oxygen atoms in total. The summed E-state index contributed by atoms with van der Waals surface area (Å²) in [5, 5.41) is 3.34. The average molecular weight is 247 g/mol. The van der Waals surface area contributed by atoms with E-state index in [1.54, 1.807) is 0 Å². The van der Waals surface area contributed by atoms with Gasteiger partial charge in [0.05, 0.1) is 0 Å². The van der Waals surface area contributed by atoms with Crippen LogP contribution in [0.5, 0.6) is 0 Å². The molecule has 0 radical (unpaired) electrons. The summed E-state index contributed by atoms with van der Waals surface area (Å²) in [6, 6.07) is 12.6. The molecule has 0 atom stereocenters. The Morgan fingerprint density at radius 2 is 1.86 bits per heavy atom. The van der Waals surface area contributed by atoms with Crippen LogP contribution in [-0.4, -0.2) is 19.9 Å². The van der Waals surface area contributed by atoms with Gasteiger partial charge in [-0.2, -0.15) is 0 Å². The van der Waals surface area contributed by atoms with E-state index in [1.165, 1.54) is 14.6 Å². The van der Waals surface area contributed by atoms with Crippen molar-refractivity contribution in [3.8, 4) is 0 Å². The van der Waals surface area contributed by atoms with Gasteiger partial charge in [0.15, 0.2) is 0 Å². The molecule has 1 aliphatic heterocycles. The summed E-state index contributed by atoms with van der Waals surface area (Å²) in [5.74, 6) is 1.02. The predicted octanol–water partition coefficient (Wildman–Crippen LogP) is 0.794. The van der Waals surface area contributed by atoms with Gasteiger partial charge in [-0.3, -0.25) is 0 Å². The van der Waals surface area contributed by atoms with Crippen molar-refractivity contribution in [3.05, 3.63) is 42.6 Å². The number of nitrogens with zero attached hydrogens (tertiary/aromatic N) is 1. The number of nitrogens with one attached hydrogen (secondary N) is 1. The van der Waals surface area contributed by atoms with E-state index in [2.05, 4.69) is 40.6 Å². The van der Waals surface area contributed by atoms with Crippen LogP contribution in [0.25, 0.3) is 0 Å². The molecule has 14 heavy (non-hydrogen) atoms. The Balaban J connectivity index is 2.12. The second-order valence-electron chi connectivity index (χ2n) is 3.07. The number of hydrogen-bond donors (Lipinski definition) is 1. The Hall–Kier alpha value is -1.31. The summed E-state index contributed by atoms with van der Waals surface area (Å²) < 4.78 is 2.74. The van der Waals surface area contributed by atoms with Gasteiger partial charge in [-0.25, -0.2) is 0 Å². The molecule has 0 aliphatic carbocycles. The Labute approximate surface area is 88.5 Å². The van der Waals surface area contributed by atoms with Crippen LogP contribution in [0, 0.1) is 0 Å². The molecule has 0 spiro atoms. The number of fused-ring (bicyclic) bond motifs is 2. The molecule has 0 saturated heterocycles. The first-order valence-corrected chi connectivity index (χ1v) is 6.14. The van der Waals surface area contributed by atoms with Crippen molar-refractivity contribution in [2.75, 3.05) is 5.32 Å². The molecule has 1 N–H and O–H groups in total. The molecule has 0 fully saturated rings. The monoisotopic (exact) mass is 248 g/mol. The number of aromatic nitrogens is 1. The van der Waals surface area contributed by atoms with Gasteiger partial charge in [0, 0.05) is 0 Å². The van der Waals surface area contributed by atoms with E-state index in [4.69, 9.17) is 0 Å². The first kappa shape index (κ1) is 8.04. The fraction of sp³-hybridized carbons (Fsp3) is 0. The number of hydrogen-bond acceptors (Lipinski definition) is 2. The van der Waals surface area contributed by atoms with Crippen molar-refractivity contribution >= 4 is 35.4 Å². The maximum absolute atomic E-state index is 4.32. The van der Waals surface area contributed by atoms with Gasteiger partial charge in [-0.15, -0.1) is 0 Å². The molecule has 1 aromatic carbocycles. The normalized spacial score (nSPS) is 12.6. The zero-order chi connectivity index (χ0) is 9.38. The van der Waals surface area contributed by atoms with E-state index >= 15 is 0 Å². The molecule has 0 bridgehead atoms. The zero-order valence-electron chi connectivity index (χ0n) is 7.40. The van der Waals surface area contributed by atoms with E-state index in [-0.39, 0.29) is 0 Å². The Morgan fingerprint density at radius 1 is 1.00 bits per heavy atom. The quantitative estimate of drug-likeness (QED) is 0.594. The number of pyridine rings is 1. The summed E-state index contributed by atoms with van der Waals surface area (Å²) in [6.07, 6.45) is 1.83. The average Bonchev–Trinajstić information content (AvgIpc) is 2.26. The molecule has 68 valence electrons. The Morgan fingerprint density at radius 3 is 2.86 bits per heavy atom. The van der Waals surface area contributed by atoms with E-state index in [0.29, 0.717) is 15.0 Å². The molecule has 3 heteroatoms. The van der Waals surface area contributed by atoms with E-state index in [0.717, 1.165) is 5.82 Å². The number of para-hydroxylation sites is 1. The third-order valence-corrected chi connectivity index (χ3v) is 4.49. The van der Waals surface area contributed by atoms with Crippen molar-refractivity contribution in [2.45, 2.75) is 0 Å². The van der Waals surface area contributed by atoms with Gasteiger partial charge >= 0.3 is 88.3 Å². The molecule has 2 aromatic rings. The molecule has 1 aliphatic rings. The number of benzene rings is 1. The fourth-order valence-electron chi connectivity index (χ4n) is 1.47. The second kappa shape index (κ2) is 3.12. The molecule has 0 amide bonds. The van der Waals surface area contributed by atoms with Gasteiger partial charge in [-0.05, 0) is 0 Å². The standard InChI is InChI=1S/C11H8N2Se/c1-2-5-9-8(4-1)13-11-10(14-9)6-3-7-12-11/h1-7H,(H,12,13). The van der Waals surface area contributed by atoms with Crippen molar-refractivity contribution in [2.24, 2.45) is 0 Å². The first-order valence-electron chi connectivity index (χ1n) is 4.42. The van der Waals surface area contributed by atoms with Crippen molar-refractivity contribution in [1.82, 2.24) is 4.98 Å². The number of anilines is 2. The van der Waals surface area contributed by atoms with Crippen molar-refractivity contribution in [1.29, 1.82) is 0 Å². The summed E-state index contributed by atoms with van der Waals surface area (Å²) in [7, 11) is 0. The van der Waals surface area contributed by atoms with E-state index < -0.39 is 0 Å². The summed E-state index contributed by atoms with van der Waals surface area (Å²) in [6.45, 7) is 0. The molecular weight excluding hydrogens is 239 g/mol. The summed E-state index contributed by atoms with van der Waals surface area (Å²) >= 11 is 0.394. The van der Waals surface area contributed by atoms with Crippen LogP contribution in [0.3, 0.4) is 0 Å². The van der Waals surface area contributed by atoms with Crippen LogP contribution >= 0.6 is 0 Å². The summed E-state index contributed by atoms with van der Waals surface area (Å²) in [4.78, 5) is 4.32. The topological polar surface area (TPSA) is 24.9 Å². The summed E-state index contributed by atoms with van der Waals surface area (Å²) in [5.41, 5.74) is 1.21. The third kappa shape index (κ3) is 1.22. The SMILES string of the molecule is c1ccc2c(c1)Nc1ncccc1[Se]2. The predicted molar refractivity (Wildman–Crippen MR) is 59.0 cm³/mol. The molecule has 0 unspecified atom stereocenters. The fourth-order valence-corrected chi connectivity index (χ4v) is 3.48. The van der Waals surface area contributed by atoms with E-state index in [1.807, 2.05) is 12.3 Å². The molecular formula is C11H8N2Se. The first-order chi connectivity index (χ1) is 6.93. The molecule has 3 rings (SSSR count). The van der Waals surface area contributed by atoms with Crippen LogP contribution in [0.15, 0.2) is 42.6 Å². The third-order valence-electron chi connectivity index (χ3n) is 2.13. The zero-order valence-corrected chi connectivity index (χ0v) is 9.11. The number of rotatable bonds is 0. The van der Waals surface area contributed by atoms with Gasteiger partial charge in [-0.1, -0.05) is 0 Å². The van der Waals surface area contributed by atoms with E-state index in [9.17, 15) is 0 Å². The molecule has 1 aromatic heterocycles. The van der Waals surface area contributed by atoms with Gasteiger partial charge in [0.1, 0.15) is 0 Å². The second-order valence-corrected chi connectivity index (χ2v) is 5.35. The molecule has 0 saturated carbocycles. The van der Waals surface area contributed by atoms with Crippen LogP contribution in [0.2, 0.25) is 0 Å². The Bertz CT molecular complexity index is 395. The minimum absolute atomic E-state index is 0.394. The van der Waals surface area contributed by atoms with Crippen molar-refractivity contribution in [3.63, 3.8) is 0 Å². The molecule has 2 heterocycles. The van der Waals surface area contributed by atoms with Crippen LogP contribution in [-0.2, 0) is 0 Å². The van der Waals surface area contributed by atoms with Gasteiger partial charge < -0.3 is 0 Å². The van der Waals surface area contributed by atoms with Crippen LogP contribution in [0.4, 0.5) is 11.5 Å². The van der Waals surface area contributed by atoms with Crippen molar-refractivity contribution < 1.29 is 0 Å². The minimum atomic E-state index is 0.394. The van der Waals surface area contributed by atoms with Gasteiger partial charge in [0.25, 0.3) is 0 Å². The maximum atomic E-state index is 4.32. The Kier molecular flexibility index (Phi) is 1.79.